The number of allylic oxidation sites excluding steroid dienone is 6. The van der Waals surface area contributed by atoms with E-state index in [9.17, 15) is 10.2 Å². The number of benzene rings is 1. The lowest BCUT2D eigenvalue weighted by Gasteiger charge is -2.05. The van der Waals surface area contributed by atoms with Gasteiger partial charge in [0, 0.05) is 5.56 Å². The molecular formula is C21H30O2. The molecule has 2 N–H and O–H groups in total. The number of hydrogen-bond donors (Lipinski definition) is 2. The van der Waals surface area contributed by atoms with Crippen molar-refractivity contribution in [2.45, 2.75) is 59.8 Å². The minimum Gasteiger partial charge on any atom is -0.504 e. The quantitative estimate of drug-likeness (QED) is 0.452. The summed E-state index contributed by atoms with van der Waals surface area (Å²) in [6.45, 7) is 8.59. The van der Waals surface area contributed by atoms with Crippen LogP contribution in [0.1, 0.15) is 58.9 Å². The van der Waals surface area contributed by atoms with Gasteiger partial charge in [-0.25, -0.2) is 0 Å². The fourth-order valence-electron chi connectivity index (χ4n) is 2.37. The van der Waals surface area contributed by atoms with Crippen molar-refractivity contribution in [3.8, 4) is 11.5 Å². The molecule has 1 aromatic carbocycles. The minimum atomic E-state index is -0.0523. The second-order valence-electron chi connectivity index (χ2n) is 6.45. The average Bonchev–Trinajstić information content (AvgIpc) is 2.48. The number of hydrogen-bond acceptors (Lipinski definition) is 2. The Balaban J connectivity index is 2.42. The first kappa shape index (κ1) is 19.1. The van der Waals surface area contributed by atoms with E-state index in [1.807, 2.05) is 6.07 Å². The average molecular weight is 314 g/mol. The van der Waals surface area contributed by atoms with Gasteiger partial charge in [0.05, 0.1) is 0 Å². The van der Waals surface area contributed by atoms with Crippen LogP contribution in [0.2, 0.25) is 0 Å². The molecule has 0 amide bonds. The van der Waals surface area contributed by atoms with Gasteiger partial charge in [-0.15, -0.1) is 0 Å². The van der Waals surface area contributed by atoms with Gasteiger partial charge in [-0.05, 0) is 65.9 Å². The van der Waals surface area contributed by atoms with Gasteiger partial charge in [0.1, 0.15) is 0 Å². The van der Waals surface area contributed by atoms with Crippen LogP contribution in [-0.4, -0.2) is 10.2 Å². The molecular weight excluding hydrogens is 284 g/mol. The zero-order chi connectivity index (χ0) is 17.2. The van der Waals surface area contributed by atoms with Gasteiger partial charge < -0.3 is 10.2 Å². The van der Waals surface area contributed by atoms with Crippen LogP contribution in [0.25, 0.3) is 0 Å². The molecule has 0 atom stereocenters. The molecule has 0 aromatic heterocycles. The summed E-state index contributed by atoms with van der Waals surface area (Å²) in [6.07, 6.45) is 11.7. The lowest BCUT2D eigenvalue weighted by molar-refractivity contribution is 0.400. The Labute approximate surface area is 140 Å². The number of rotatable bonds is 8. The van der Waals surface area contributed by atoms with E-state index in [1.54, 1.807) is 6.07 Å². The van der Waals surface area contributed by atoms with Gasteiger partial charge in [0.25, 0.3) is 0 Å². The molecule has 0 spiro atoms. The Morgan fingerprint density at radius 2 is 1.48 bits per heavy atom. The zero-order valence-corrected chi connectivity index (χ0v) is 14.9. The first-order valence-electron chi connectivity index (χ1n) is 8.34. The standard InChI is InChI=1S/C21H30O2/c1-16(2)8-5-9-17(3)10-6-11-18(4)14-15-19-12-7-13-20(22)21(19)23/h7-8,10,12-14,22-23H,5-6,9,11,15H2,1-4H3. The van der Waals surface area contributed by atoms with E-state index in [2.05, 4.69) is 45.9 Å². The van der Waals surface area contributed by atoms with Crippen LogP contribution in [0.15, 0.2) is 53.1 Å². The van der Waals surface area contributed by atoms with E-state index in [0.29, 0.717) is 6.42 Å². The first-order chi connectivity index (χ1) is 10.9. The second kappa shape index (κ2) is 9.94. The van der Waals surface area contributed by atoms with Crippen LogP contribution in [0.3, 0.4) is 0 Å². The van der Waals surface area contributed by atoms with Crippen molar-refractivity contribution in [3.05, 3.63) is 58.7 Å². The normalized spacial score (nSPS) is 12.3. The summed E-state index contributed by atoms with van der Waals surface area (Å²) in [5.74, 6) is -0.0601. The largest absolute Gasteiger partial charge is 0.504 e. The van der Waals surface area contributed by atoms with Gasteiger partial charge in [-0.1, -0.05) is 47.1 Å². The molecule has 0 aliphatic rings. The van der Waals surface area contributed by atoms with Crippen LogP contribution >= 0.6 is 0 Å². The Morgan fingerprint density at radius 3 is 2.13 bits per heavy atom. The molecule has 126 valence electrons. The Hall–Kier alpha value is -1.96. The molecule has 0 unspecified atom stereocenters. The molecule has 0 heterocycles. The number of aromatic hydroxyl groups is 2. The third kappa shape index (κ3) is 7.73. The summed E-state index contributed by atoms with van der Waals surface area (Å²) in [7, 11) is 0. The molecule has 0 saturated heterocycles. The van der Waals surface area contributed by atoms with Crippen molar-refractivity contribution >= 4 is 0 Å². The van der Waals surface area contributed by atoms with Crippen molar-refractivity contribution in [2.24, 2.45) is 0 Å². The molecule has 0 fully saturated rings. The molecule has 0 saturated carbocycles. The fourth-order valence-corrected chi connectivity index (χ4v) is 2.37. The predicted octanol–water partition coefficient (Wildman–Crippen LogP) is 6.06. The van der Waals surface area contributed by atoms with Crippen LogP contribution in [0, 0.1) is 0 Å². The first-order valence-corrected chi connectivity index (χ1v) is 8.34. The van der Waals surface area contributed by atoms with Crippen LogP contribution in [0.5, 0.6) is 11.5 Å². The van der Waals surface area contributed by atoms with Crippen molar-refractivity contribution in [1.82, 2.24) is 0 Å². The highest BCUT2D eigenvalue weighted by atomic mass is 16.3. The topological polar surface area (TPSA) is 40.5 Å². The van der Waals surface area contributed by atoms with Crippen molar-refractivity contribution < 1.29 is 10.2 Å². The summed E-state index contributed by atoms with van der Waals surface area (Å²) in [5.41, 5.74) is 4.89. The number of phenolic OH excluding ortho intramolecular Hbond substituents is 2. The Morgan fingerprint density at radius 1 is 0.870 bits per heavy atom. The molecule has 0 radical (unpaired) electrons. The van der Waals surface area contributed by atoms with Crippen molar-refractivity contribution in [2.75, 3.05) is 0 Å². The monoisotopic (exact) mass is 314 g/mol. The fraction of sp³-hybridized carbons (Fsp3) is 0.429. The molecule has 2 heteroatoms. The third-order valence-electron chi connectivity index (χ3n) is 3.89. The van der Waals surface area contributed by atoms with Gasteiger partial charge in [0.15, 0.2) is 11.5 Å². The molecule has 0 bridgehead atoms. The molecule has 0 aliphatic heterocycles. The molecule has 2 nitrogen and oxygen atoms in total. The third-order valence-corrected chi connectivity index (χ3v) is 3.89. The Bertz CT molecular complexity index is 588. The van der Waals surface area contributed by atoms with E-state index in [-0.39, 0.29) is 11.5 Å². The van der Waals surface area contributed by atoms with Crippen LogP contribution < -0.4 is 0 Å². The van der Waals surface area contributed by atoms with E-state index in [4.69, 9.17) is 0 Å². The maximum absolute atomic E-state index is 9.79. The van der Waals surface area contributed by atoms with Crippen molar-refractivity contribution in [1.29, 1.82) is 0 Å². The van der Waals surface area contributed by atoms with E-state index in [1.165, 1.54) is 22.8 Å². The summed E-state index contributed by atoms with van der Waals surface area (Å²) in [6, 6.07) is 5.09. The van der Waals surface area contributed by atoms with Crippen molar-refractivity contribution in [3.63, 3.8) is 0 Å². The lowest BCUT2D eigenvalue weighted by Crippen LogP contribution is -1.85. The SMILES string of the molecule is CC(C)=CCCC(C)=CCCC(C)=CCc1cccc(O)c1O. The summed E-state index contributed by atoms with van der Waals surface area (Å²) in [5, 5.41) is 19.3. The van der Waals surface area contributed by atoms with Gasteiger partial charge in [-0.3, -0.25) is 0 Å². The summed E-state index contributed by atoms with van der Waals surface area (Å²) >= 11 is 0. The minimum absolute atomic E-state index is 0.00781. The van der Waals surface area contributed by atoms with Crippen LogP contribution in [-0.2, 0) is 6.42 Å². The maximum Gasteiger partial charge on any atom is 0.160 e. The number of phenols is 2. The molecule has 1 rings (SSSR count). The van der Waals surface area contributed by atoms with Gasteiger partial charge in [0.2, 0.25) is 0 Å². The van der Waals surface area contributed by atoms with E-state index in [0.717, 1.165) is 31.2 Å². The summed E-state index contributed by atoms with van der Waals surface area (Å²) < 4.78 is 0. The maximum atomic E-state index is 9.79. The second-order valence-corrected chi connectivity index (χ2v) is 6.45. The number of para-hydroxylation sites is 1. The van der Waals surface area contributed by atoms with E-state index < -0.39 is 0 Å². The van der Waals surface area contributed by atoms with Gasteiger partial charge in [-0.2, -0.15) is 0 Å². The van der Waals surface area contributed by atoms with Gasteiger partial charge >= 0.3 is 0 Å². The van der Waals surface area contributed by atoms with Crippen LogP contribution in [0.4, 0.5) is 0 Å². The Kier molecular flexibility index (Phi) is 8.25. The molecule has 23 heavy (non-hydrogen) atoms. The zero-order valence-electron chi connectivity index (χ0n) is 14.9. The smallest absolute Gasteiger partial charge is 0.160 e. The molecule has 0 aliphatic carbocycles. The highest BCUT2D eigenvalue weighted by molar-refractivity contribution is 5.45. The molecule has 1 aromatic rings. The van der Waals surface area contributed by atoms with E-state index >= 15 is 0 Å². The highest BCUT2D eigenvalue weighted by Gasteiger charge is 2.03. The lowest BCUT2D eigenvalue weighted by atomic mass is 10.0. The highest BCUT2D eigenvalue weighted by Crippen LogP contribution is 2.28. The summed E-state index contributed by atoms with van der Waals surface area (Å²) in [4.78, 5) is 0. The predicted molar refractivity (Wildman–Crippen MR) is 98.9 cm³/mol.